The normalized spacial score (nSPS) is 20.9. The third-order valence-corrected chi connectivity index (χ3v) is 6.31. The number of benzene rings is 1. The second-order valence-electron chi connectivity index (χ2n) is 8.06. The van der Waals surface area contributed by atoms with Gasteiger partial charge in [0.15, 0.2) is 0 Å². The highest BCUT2D eigenvalue weighted by Crippen LogP contribution is 2.29. The molecule has 2 N–H and O–H groups in total. The van der Waals surface area contributed by atoms with E-state index >= 15 is 0 Å². The minimum absolute atomic E-state index is 0.0991. The molecular formula is C22H30ClN3O2+2. The first kappa shape index (κ1) is 19.5. The molecule has 5 nitrogen and oxygen atoms in total. The highest BCUT2D eigenvalue weighted by Gasteiger charge is 2.24. The summed E-state index contributed by atoms with van der Waals surface area (Å²) in [5.74, 6) is 0.935. The van der Waals surface area contributed by atoms with E-state index in [0.29, 0.717) is 11.6 Å². The Kier molecular flexibility index (Phi) is 6.35. The number of hydrogen-bond acceptors (Lipinski definition) is 2. The molecule has 4 rings (SSSR count). The fourth-order valence-electron chi connectivity index (χ4n) is 4.32. The van der Waals surface area contributed by atoms with Crippen LogP contribution in [0.25, 0.3) is 6.08 Å². The van der Waals surface area contributed by atoms with Gasteiger partial charge in [0.1, 0.15) is 25.4 Å². The number of carbonyl (C=O) groups excluding carboxylic acids is 1. The number of piperazine rings is 1. The molecule has 0 aliphatic carbocycles. The molecule has 1 amide bonds. The van der Waals surface area contributed by atoms with Crippen molar-refractivity contribution in [1.82, 2.24) is 4.90 Å². The molecule has 3 aliphatic rings. The van der Waals surface area contributed by atoms with E-state index in [0.717, 1.165) is 43.1 Å². The summed E-state index contributed by atoms with van der Waals surface area (Å²) in [5, 5.41) is 0.687. The van der Waals surface area contributed by atoms with Gasteiger partial charge in [-0.15, -0.1) is 0 Å². The molecule has 2 saturated heterocycles. The van der Waals surface area contributed by atoms with E-state index in [1.165, 1.54) is 39.0 Å². The number of rotatable bonds is 5. The monoisotopic (exact) mass is 403 g/mol. The molecule has 2 fully saturated rings. The summed E-state index contributed by atoms with van der Waals surface area (Å²) in [6.45, 7) is 9.51. The summed E-state index contributed by atoms with van der Waals surface area (Å²) < 4.78 is 5.74. The van der Waals surface area contributed by atoms with Crippen LogP contribution in [0.4, 0.5) is 0 Å². The van der Waals surface area contributed by atoms with Gasteiger partial charge >= 0.3 is 0 Å². The zero-order chi connectivity index (χ0) is 19.3. The molecule has 0 saturated carbocycles. The minimum atomic E-state index is 0.0991. The highest BCUT2D eigenvalue weighted by molar-refractivity contribution is 6.30. The largest absolute Gasteiger partial charge is 0.488 e. The predicted octanol–water partition coefficient (Wildman–Crippen LogP) is 0.0778. The lowest BCUT2D eigenvalue weighted by Crippen LogP contribution is -3.21. The van der Waals surface area contributed by atoms with E-state index in [2.05, 4.69) is 0 Å². The predicted molar refractivity (Wildman–Crippen MR) is 111 cm³/mol. The molecule has 3 aliphatic heterocycles. The Hall–Kier alpha value is -1.82. The van der Waals surface area contributed by atoms with Gasteiger partial charge in [0, 0.05) is 29.5 Å². The second-order valence-corrected chi connectivity index (χ2v) is 8.49. The van der Waals surface area contributed by atoms with Gasteiger partial charge in [-0.25, -0.2) is 0 Å². The zero-order valence-electron chi connectivity index (χ0n) is 16.4. The number of ether oxygens (including phenoxy) is 1. The van der Waals surface area contributed by atoms with Gasteiger partial charge in [-0.3, -0.25) is 4.79 Å². The average Bonchev–Trinajstić information content (AvgIpc) is 3.24. The molecule has 0 spiro atoms. The van der Waals surface area contributed by atoms with E-state index in [-0.39, 0.29) is 5.91 Å². The first-order valence-electron chi connectivity index (χ1n) is 10.4. The maximum Gasteiger partial charge on any atom is 0.246 e. The van der Waals surface area contributed by atoms with Gasteiger partial charge in [0.25, 0.3) is 0 Å². The smallest absolute Gasteiger partial charge is 0.246 e. The quantitative estimate of drug-likeness (QED) is 0.683. The second kappa shape index (κ2) is 9.12. The Labute approximate surface area is 172 Å². The lowest BCUT2D eigenvalue weighted by Gasteiger charge is -2.32. The lowest BCUT2D eigenvalue weighted by molar-refractivity contribution is -0.954. The Bertz CT molecular complexity index is 763. The van der Waals surface area contributed by atoms with Gasteiger partial charge in [-0.2, -0.15) is 0 Å². The van der Waals surface area contributed by atoms with Crippen LogP contribution < -0.4 is 14.5 Å². The van der Waals surface area contributed by atoms with Crippen molar-refractivity contribution in [3.05, 3.63) is 46.5 Å². The molecule has 0 aromatic heterocycles. The number of nitrogens with zero attached hydrogens (tertiary/aromatic N) is 1. The van der Waals surface area contributed by atoms with Crippen LogP contribution in [0.2, 0.25) is 5.02 Å². The van der Waals surface area contributed by atoms with Crippen LogP contribution in [0.1, 0.15) is 18.4 Å². The molecular weight excluding hydrogens is 374 g/mol. The lowest BCUT2D eigenvalue weighted by atomic mass is 10.1. The number of amides is 1. The summed E-state index contributed by atoms with van der Waals surface area (Å²) >= 11 is 6.06. The zero-order valence-corrected chi connectivity index (χ0v) is 17.1. The van der Waals surface area contributed by atoms with Gasteiger partial charge in [0.2, 0.25) is 5.91 Å². The van der Waals surface area contributed by atoms with E-state index in [1.54, 1.807) is 15.9 Å². The van der Waals surface area contributed by atoms with E-state index in [9.17, 15) is 4.79 Å². The molecule has 0 unspecified atom stereocenters. The fourth-order valence-corrected chi connectivity index (χ4v) is 4.50. The summed E-state index contributed by atoms with van der Waals surface area (Å²) in [4.78, 5) is 17.9. The molecule has 28 heavy (non-hydrogen) atoms. The maximum atomic E-state index is 12.6. The number of likely N-dealkylation sites (tertiary alicyclic amines) is 1. The van der Waals surface area contributed by atoms with Gasteiger partial charge in [-0.1, -0.05) is 17.7 Å². The van der Waals surface area contributed by atoms with Crippen LogP contribution >= 0.6 is 11.6 Å². The van der Waals surface area contributed by atoms with Crippen LogP contribution in [-0.4, -0.2) is 69.8 Å². The minimum Gasteiger partial charge on any atom is -0.488 e. The van der Waals surface area contributed by atoms with Crippen molar-refractivity contribution in [3.63, 3.8) is 0 Å². The Balaban J connectivity index is 1.25. The third-order valence-electron chi connectivity index (χ3n) is 6.07. The van der Waals surface area contributed by atoms with Crippen LogP contribution in [-0.2, 0) is 4.79 Å². The Morgan fingerprint density at radius 1 is 1.11 bits per heavy atom. The summed E-state index contributed by atoms with van der Waals surface area (Å²) in [6.07, 6.45) is 8.38. The van der Waals surface area contributed by atoms with Gasteiger partial charge < -0.3 is 19.4 Å². The van der Waals surface area contributed by atoms with Crippen LogP contribution in [0.15, 0.2) is 35.9 Å². The summed E-state index contributed by atoms with van der Waals surface area (Å²) in [7, 11) is 0. The first-order chi connectivity index (χ1) is 13.7. The number of nitrogens with one attached hydrogen (secondary N) is 2. The molecule has 0 atom stereocenters. The summed E-state index contributed by atoms with van der Waals surface area (Å²) in [6, 6.07) is 5.59. The first-order valence-corrected chi connectivity index (χ1v) is 10.8. The fraction of sp³-hybridized carbons (Fsp3) is 0.500. The molecule has 1 aromatic carbocycles. The molecule has 0 bridgehead atoms. The molecule has 0 radical (unpaired) electrons. The van der Waals surface area contributed by atoms with Crippen molar-refractivity contribution in [2.45, 2.75) is 12.8 Å². The van der Waals surface area contributed by atoms with E-state index < -0.39 is 0 Å². The standard InChI is InChI=1S/C22H28ClN3O2/c23-20-4-5-21-19(16-20)15-18(17-28-21)3-6-22(27)26-13-11-25(12-14-26)10-9-24-7-1-2-8-24/h3-6,15-16H,1-2,7-14,17H2/p+2/b6-3+. The number of halogens is 1. The molecule has 1 aromatic rings. The topological polar surface area (TPSA) is 38.4 Å². The van der Waals surface area contributed by atoms with Crippen molar-refractivity contribution in [2.24, 2.45) is 0 Å². The summed E-state index contributed by atoms with van der Waals surface area (Å²) in [5.41, 5.74) is 1.95. The number of quaternary nitrogens is 2. The Morgan fingerprint density at radius 2 is 1.82 bits per heavy atom. The molecule has 6 heteroatoms. The van der Waals surface area contributed by atoms with Crippen LogP contribution in [0.5, 0.6) is 5.75 Å². The van der Waals surface area contributed by atoms with E-state index in [4.69, 9.17) is 16.3 Å². The Morgan fingerprint density at radius 3 is 2.57 bits per heavy atom. The van der Waals surface area contributed by atoms with Crippen LogP contribution in [0, 0.1) is 0 Å². The third kappa shape index (κ3) is 4.96. The number of carbonyl (C=O) groups is 1. The van der Waals surface area contributed by atoms with Crippen molar-refractivity contribution in [1.29, 1.82) is 0 Å². The van der Waals surface area contributed by atoms with Crippen molar-refractivity contribution in [2.75, 3.05) is 59.0 Å². The SMILES string of the molecule is O=C(/C=C/C1=Cc2cc(Cl)ccc2OC1)N1CC[NH+](CC[NH+]2CCCC2)CC1. The molecule has 150 valence electrons. The number of fused-ring (bicyclic) bond motifs is 1. The van der Waals surface area contributed by atoms with Crippen molar-refractivity contribution >= 4 is 23.6 Å². The van der Waals surface area contributed by atoms with Crippen molar-refractivity contribution < 1.29 is 19.3 Å². The van der Waals surface area contributed by atoms with Crippen LogP contribution in [0.3, 0.4) is 0 Å². The van der Waals surface area contributed by atoms with Crippen molar-refractivity contribution in [3.8, 4) is 5.75 Å². The van der Waals surface area contributed by atoms with Gasteiger partial charge in [-0.05, 0) is 29.8 Å². The number of hydrogen-bond donors (Lipinski definition) is 2. The maximum absolute atomic E-state index is 12.6. The van der Waals surface area contributed by atoms with Gasteiger partial charge in [0.05, 0.1) is 39.3 Å². The highest BCUT2D eigenvalue weighted by atomic mass is 35.5. The molecule has 3 heterocycles. The average molecular weight is 404 g/mol. The van der Waals surface area contributed by atoms with E-state index in [1.807, 2.05) is 35.3 Å².